The Balaban J connectivity index is 3.03. The number of carbonyl (C=O) groups is 4. The average molecular weight is 423 g/mol. The Morgan fingerprint density at radius 2 is 1.80 bits per heavy atom. The van der Waals surface area contributed by atoms with Gasteiger partial charge in [-0.15, -0.1) is 0 Å². The molecule has 0 saturated heterocycles. The quantitative estimate of drug-likeness (QED) is 0.533. The zero-order valence-electron chi connectivity index (χ0n) is 17.9. The SMILES string of the molecule is CCN(C(=O)CNC(=O)OC(C)(C)C)C(C(=O)NCC(=O)OC)c1cccc(O)c1. The van der Waals surface area contributed by atoms with Crippen molar-refractivity contribution >= 4 is 23.9 Å². The van der Waals surface area contributed by atoms with Crippen LogP contribution in [0.15, 0.2) is 24.3 Å². The van der Waals surface area contributed by atoms with Crippen molar-refractivity contribution in [2.45, 2.75) is 39.3 Å². The van der Waals surface area contributed by atoms with Gasteiger partial charge in [0.25, 0.3) is 0 Å². The van der Waals surface area contributed by atoms with Crippen molar-refractivity contribution in [3.63, 3.8) is 0 Å². The summed E-state index contributed by atoms with van der Waals surface area (Å²) in [5, 5.41) is 14.6. The fraction of sp³-hybridized carbons (Fsp3) is 0.500. The zero-order chi connectivity index (χ0) is 22.9. The van der Waals surface area contributed by atoms with E-state index in [0.717, 1.165) is 0 Å². The number of phenols is 1. The molecule has 0 spiro atoms. The Kier molecular flexibility index (Phi) is 9.10. The number of methoxy groups -OCH3 is 1. The molecule has 1 rings (SSSR count). The molecule has 30 heavy (non-hydrogen) atoms. The molecular formula is C20H29N3O7. The Bertz CT molecular complexity index is 774. The van der Waals surface area contributed by atoms with Crippen LogP contribution in [0, 0.1) is 0 Å². The first-order valence-electron chi connectivity index (χ1n) is 9.38. The third-order valence-corrected chi connectivity index (χ3v) is 3.82. The number of nitrogens with one attached hydrogen (secondary N) is 2. The summed E-state index contributed by atoms with van der Waals surface area (Å²) in [6.07, 6.45) is -0.768. The Hall–Kier alpha value is -3.30. The minimum atomic E-state index is -1.14. The molecule has 0 aliphatic carbocycles. The van der Waals surface area contributed by atoms with Crippen LogP contribution >= 0.6 is 0 Å². The summed E-state index contributed by atoms with van der Waals surface area (Å²) in [5.41, 5.74) is -0.389. The summed E-state index contributed by atoms with van der Waals surface area (Å²) in [6, 6.07) is 4.73. The van der Waals surface area contributed by atoms with Gasteiger partial charge in [-0.3, -0.25) is 14.4 Å². The Morgan fingerprint density at radius 1 is 1.13 bits per heavy atom. The standard InChI is InChI=1S/C20H29N3O7/c1-6-23(15(25)11-22-19(28)30-20(2,3)4)17(13-8-7-9-14(24)10-13)18(27)21-12-16(26)29-5/h7-10,17,24H,6,11-12H2,1-5H3,(H,21,27)(H,22,28). The van der Waals surface area contributed by atoms with Crippen molar-refractivity contribution in [2.24, 2.45) is 0 Å². The molecule has 1 unspecified atom stereocenters. The molecule has 0 aliphatic heterocycles. The molecule has 1 atom stereocenters. The fourth-order valence-electron chi connectivity index (χ4n) is 2.56. The first-order chi connectivity index (χ1) is 14.0. The van der Waals surface area contributed by atoms with E-state index in [1.54, 1.807) is 33.8 Å². The van der Waals surface area contributed by atoms with Crippen LogP contribution in [-0.2, 0) is 23.9 Å². The molecule has 0 radical (unpaired) electrons. The number of nitrogens with zero attached hydrogens (tertiary/aromatic N) is 1. The van der Waals surface area contributed by atoms with Crippen molar-refractivity contribution in [3.8, 4) is 5.75 Å². The van der Waals surface area contributed by atoms with Crippen molar-refractivity contribution in [3.05, 3.63) is 29.8 Å². The first-order valence-corrected chi connectivity index (χ1v) is 9.38. The van der Waals surface area contributed by atoms with Crippen LogP contribution in [0.1, 0.15) is 39.3 Å². The van der Waals surface area contributed by atoms with Gasteiger partial charge >= 0.3 is 12.1 Å². The lowest BCUT2D eigenvalue weighted by atomic mass is 10.0. The van der Waals surface area contributed by atoms with Gasteiger partial charge in [0, 0.05) is 6.54 Å². The first kappa shape index (κ1) is 24.7. The number of rotatable bonds is 8. The van der Waals surface area contributed by atoms with Crippen LogP contribution in [0.5, 0.6) is 5.75 Å². The molecule has 0 fully saturated rings. The third kappa shape index (κ3) is 7.98. The lowest BCUT2D eigenvalue weighted by molar-refractivity contribution is -0.143. The maximum absolute atomic E-state index is 12.8. The highest BCUT2D eigenvalue weighted by atomic mass is 16.6. The number of phenolic OH excluding ortho intramolecular Hbond substituents is 1. The number of esters is 1. The van der Waals surface area contributed by atoms with E-state index in [4.69, 9.17) is 4.74 Å². The van der Waals surface area contributed by atoms with Gasteiger partial charge in [-0.1, -0.05) is 12.1 Å². The number of carbonyl (C=O) groups excluding carboxylic acids is 4. The van der Waals surface area contributed by atoms with Gasteiger partial charge in [-0.05, 0) is 45.4 Å². The number of likely N-dealkylation sites (N-methyl/N-ethyl adjacent to an activating group) is 1. The second kappa shape index (κ2) is 11.0. The molecule has 0 saturated carbocycles. The van der Waals surface area contributed by atoms with Crippen LogP contribution in [0.2, 0.25) is 0 Å². The number of alkyl carbamates (subject to hydrolysis) is 1. The normalized spacial score (nSPS) is 11.8. The minimum Gasteiger partial charge on any atom is -0.508 e. The molecule has 10 nitrogen and oxygen atoms in total. The maximum atomic E-state index is 12.8. The van der Waals surface area contributed by atoms with Crippen LogP contribution < -0.4 is 10.6 Å². The highest BCUT2D eigenvalue weighted by molar-refractivity contribution is 5.91. The summed E-state index contributed by atoms with van der Waals surface area (Å²) >= 11 is 0. The number of benzene rings is 1. The second-order valence-electron chi connectivity index (χ2n) is 7.33. The molecule has 0 aromatic heterocycles. The molecule has 3 N–H and O–H groups in total. The minimum absolute atomic E-state index is 0.0892. The van der Waals surface area contributed by atoms with Crippen LogP contribution in [0.25, 0.3) is 0 Å². The van der Waals surface area contributed by atoms with E-state index in [2.05, 4.69) is 15.4 Å². The van der Waals surface area contributed by atoms with Crippen molar-refractivity contribution < 1.29 is 33.8 Å². The largest absolute Gasteiger partial charge is 0.508 e. The smallest absolute Gasteiger partial charge is 0.408 e. The predicted octanol–water partition coefficient (Wildman–Crippen LogP) is 1.10. The predicted molar refractivity (Wildman–Crippen MR) is 107 cm³/mol. The van der Waals surface area contributed by atoms with Gasteiger partial charge < -0.3 is 30.1 Å². The van der Waals surface area contributed by atoms with Gasteiger partial charge in [0.05, 0.1) is 7.11 Å². The number of hydrogen-bond acceptors (Lipinski definition) is 7. The van der Waals surface area contributed by atoms with Crippen LogP contribution in [0.4, 0.5) is 4.79 Å². The van der Waals surface area contributed by atoms with Gasteiger partial charge in [0.2, 0.25) is 11.8 Å². The van der Waals surface area contributed by atoms with Gasteiger partial charge in [0.1, 0.15) is 30.5 Å². The molecular weight excluding hydrogens is 394 g/mol. The molecule has 1 aromatic carbocycles. The van der Waals surface area contributed by atoms with Crippen LogP contribution in [-0.4, -0.2) is 66.2 Å². The Labute approximate surface area is 175 Å². The third-order valence-electron chi connectivity index (χ3n) is 3.82. The lowest BCUT2D eigenvalue weighted by Crippen LogP contribution is -2.48. The van der Waals surface area contributed by atoms with E-state index in [-0.39, 0.29) is 18.8 Å². The summed E-state index contributed by atoms with van der Waals surface area (Å²) in [4.78, 5) is 50.0. The highest BCUT2D eigenvalue weighted by Gasteiger charge is 2.31. The van der Waals surface area contributed by atoms with E-state index in [0.29, 0.717) is 5.56 Å². The van der Waals surface area contributed by atoms with E-state index in [1.165, 1.54) is 30.2 Å². The zero-order valence-corrected chi connectivity index (χ0v) is 17.9. The summed E-state index contributed by atoms with van der Waals surface area (Å²) in [7, 11) is 1.19. The molecule has 0 aliphatic rings. The summed E-state index contributed by atoms with van der Waals surface area (Å²) in [6.45, 7) is 6.08. The topological polar surface area (TPSA) is 134 Å². The number of ether oxygens (including phenoxy) is 2. The molecule has 166 valence electrons. The molecule has 0 bridgehead atoms. The van der Waals surface area contributed by atoms with Crippen LogP contribution in [0.3, 0.4) is 0 Å². The average Bonchev–Trinajstić information content (AvgIpc) is 2.66. The number of hydrogen-bond donors (Lipinski definition) is 3. The van der Waals surface area contributed by atoms with Gasteiger partial charge in [0.15, 0.2) is 0 Å². The number of aromatic hydroxyl groups is 1. The Morgan fingerprint density at radius 3 is 2.33 bits per heavy atom. The maximum Gasteiger partial charge on any atom is 0.408 e. The van der Waals surface area contributed by atoms with Crippen molar-refractivity contribution in [1.29, 1.82) is 0 Å². The molecule has 10 heteroatoms. The van der Waals surface area contributed by atoms with E-state index in [1.807, 2.05) is 0 Å². The van der Waals surface area contributed by atoms with E-state index >= 15 is 0 Å². The van der Waals surface area contributed by atoms with Crippen molar-refractivity contribution in [2.75, 3.05) is 26.7 Å². The van der Waals surface area contributed by atoms with Gasteiger partial charge in [-0.2, -0.15) is 0 Å². The van der Waals surface area contributed by atoms with Gasteiger partial charge in [-0.25, -0.2) is 4.79 Å². The fourth-order valence-corrected chi connectivity index (χ4v) is 2.56. The molecule has 1 aromatic rings. The van der Waals surface area contributed by atoms with Crippen molar-refractivity contribution in [1.82, 2.24) is 15.5 Å². The molecule has 0 heterocycles. The second-order valence-corrected chi connectivity index (χ2v) is 7.33. The van der Waals surface area contributed by atoms with E-state index < -0.39 is 42.1 Å². The summed E-state index contributed by atoms with van der Waals surface area (Å²) in [5.74, 6) is -1.93. The monoisotopic (exact) mass is 423 g/mol. The highest BCUT2D eigenvalue weighted by Crippen LogP contribution is 2.24. The number of amides is 3. The lowest BCUT2D eigenvalue weighted by Gasteiger charge is -2.30. The summed E-state index contributed by atoms with van der Waals surface area (Å²) < 4.78 is 9.61. The molecule has 3 amide bonds. The van der Waals surface area contributed by atoms with E-state index in [9.17, 15) is 24.3 Å².